The van der Waals surface area contributed by atoms with Crippen LogP contribution in [-0.4, -0.2) is 9.97 Å². The molecular formula is C14H12N2OS2. The summed E-state index contributed by atoms with van der Waals surface area (Å²) in [7, 11) is -0.555. The molecule has 3 nitrogen and oxygen atoms in total. The molecular weight excluding hydrogens is 276 g/mol. The zero-order valence-corrected chi connectivity index (χ0v) is 12.2. The van der Waals surface area contributed by atoms with Gasteiger partial charge < -0.3 is 4.98 Å². The van der Waals surface area contributed by atoms with Gasteiger partial charge in [0, 0.05) is 4.91 Å². The highest BCUT2D eigenvalue weighted by Gasteiger charge is 2.28. The van der Waals surface area contributed by atoms with E-state index in [9.17, 15) is 4.79 Å². The molecule has 19 heavy (non-hydrogen) atoms. The average molecular weight is 288 g/mol. The van der Waals surface area contributed by atoms with Gasteiger partial charge in [-0.25, -0.2) is 4.98 Å². The quantitative estimate of drug-likeness (QED) is 0.820. The van der Waals surface area contributed by atoms with Crippen molar-refractivity contribution in [1.82, 2.24) is 9.97 Å². The van der Waals surface area contributed by atoms with Crippen LogP contribution >= 0.6 is 0 Å². The van der Waals surface area contributed by atoms with Gasteiger partial charge in [0.2, 0.25) is 0 Å². The van der Waals surface area contributed by atoms with E-state index in [-0.39, 0.29) is 5.56 Å². The van der Waals surface area contributed by atoms with Crippen molar-refractivity contribution in [3.05, 3.63) is 57.6 Å². The van der Waals surface area contributed by atoms with E-state index in [4.69, 9.17) is 11.2 Å². The Morgan fingerprint density at radius 3 is 2.58 bits per heavy atom. The van der Waals surface area contributed by atoms with E-state index in [1.807, 2.05) is 37.3 Å². The van der Waals surface area contributed by atoms with Crippen LogP contribution in [0.1, 0.15) is 23.9 Å². The van der Waals surface area contributed by atoms with Gasteiger partial charge in [0.05, 0.1) is 5.56 Å². The molecule has 0 aliphatic carbocycles. The Labute approximate surface area is 118 Å². The number of fused-ring (bicyclic) bond motifs is 1. The van der Waals surface area contributed by atoms with Crippen LogP contribution in [0, 0.1) is 6.92 Å². The summed E-state index contributed by atoms with van der Waals surface area (Å²) in [6.45, 7) is 3.73. The predicted molar refractivity (Wildman–Crippen MR) is 81.5 cm³/mol. The van der Waals surface area contributed by atoms with Crippen LogP contribution in [0.3, 0.4) is 0 Å². The molecule has 5 heteroatoms. The summed E-state index contributed by atoms with van der Waals surface area (Å²) in [6.07, 6.45) is 0. The van der Waals surface area contributed by atoms with Crippen molar-refractivity contribution in [1.29, 1.82) is 0 Å². The molecule has 2 heterocycles. The molecule has 1 unspecified atom stereocenters. The second kappa shape index (κ2) is 4.51. The molecule has 0 saturated carbocycles. The van der Waals surface area contributed by atoms with E-state index in [0.717, 1.165) is 21.1 Å². The fraction of sp³-hybridized carbons (Fsp3) is 0.143. The SMILES string of the molecule is CC1=C(c2ccccc2)S(=S)c2nc(C)[nH]c(=O)c21. The summed E-state index contributed by atoms with van der Waals surface area (Å²) in [4.78, 5) is 20.3. The van der Waals surface area contributed by atoms with Crippen LogP contribution in [0.4, 0.5) is 0 Å². The Kier molecular flexibility index (Phi) is 2.95. The molecule has 0 saturated heterocycles. The summed E-state index contributed by atoms with van der Waals surface area (Å²) in [5, 5.41) is 0.743. The first-order valence-corrected chi connectivity index (χ1v) is 8.04. The maximum Gasteiger partial charge on any atom is 0.259 e. The average Bonchev–Trinajstić information content (AvgIpc) is 2.62. The van der Waals surface area contributed by atoms with Gasteiger partial charge in [-0.1, -0.05) is 30.3 Å². The number of hydrogen-bond donors (Lipinski definition) is 1. The molecule has 3 rings (SSSR count). The van der Waals surface area contributed by atoms with Gasteiger partial charge in [-0.05, 0) is 45.6 Å². The zero-order chi connectivity index (χ0) is 13.6. The van der Waals surface area contributed by atoms with E-state index >= 15 is 0 Å². The number of hydrogen-bond acceptors (Lipinski definition) is 3. The van der Waals surface area contributed by atoms with E-state index in [1.165, 1.54) is 0 Å². The summed E-state index contributed by atoms with van der Waals surface area (Å²) < 4.78 is 0. The van der Waals surface area contributed by atoms with E-state index in [2.05, 4.69) is 9.97 Å². The fourth-order valence-electron chi connectivity index (χ4n) is 2.29. The number of nitrogens with zero attached hydrogens (tertiary/aromatic N) is 1. The number of nitrogens with one attached hydrogen (secondary N) is 1. The minimum Gasteiger partial charge on any atom is -0.310 e. The van der Waals surface area contributed by atoms with Crippen molar-refractivity contribution < 1.29 is 0 Å². The molecule has 0 spiro atoms. The minimum atomic E-state index is -0.555. The number of aromatic amines is 1. The van der Waals surface area contributed by atoms with Crippen LogP contribution in [0.15, 0.2) is 40.2 Å². The van der Waals surface area contributed by atoms with Crippen molar-refractivity contribution in [2.45, 2.75) is 18.9 Å². The van der Waals surface area contributed by atoms with Gasteiger partial charge in [0.25, 0.3) is 5.56 Å². The topological polar surface area (TPSA) is 45.8 Å². The van der Waals surface area contributed by atoms with Crippen LogP contribution in [0.2, 0.25) is 0 Å². The molecule has 0 bridgehead atoms. The second-order valence-electron chi connectivity index (χ2n) is 4.42. The summed E-state index contributed by atoms with van der Waals surface area (Å²) >= 11 is 5.61. The van der Waals surface area contributed by atoms with Crippen LogP contribution in [-0.2, 0) is 20.6 Å². The van der Waals surface area contributed by atoms with Gasteiger partial charge in [-0.15, -0.1) is 0 Å². The van der Waals surface area contributed by atoms with Gasteiger partial charge in [0.15, 0.2) is 0 Å². The number of aryl methyl sites for hydroxylation is 1. The maximum atomic E-state index is 12.1. The Morgan fingerprint density at radius 1 is 1.21 bits per heavy atom. The Balaban J connectivity index is 2.29. The number of H-pyrrole nitrogens is 1. The van der Waals surface area contributed by atoms with Crippen LogP contribution in [0.25, 0.3) is 10.5 Å². The largest absolute Gasteiger partial charge is 0.310 e. The molecule has 2 aromatic rings. The molecule has 1 N–H and O–H groups in total. The molecule has 1 aliphatic rings. The highest BCUT2D eigenvalue weighted by Crippen LogP contribution is 2.38. The lowest BCUT2D eigenvalue weighted by Gasteiger charge is -2.05. The molecule has 1 aromatic carbocycles. The van der Waals surface area contributed by atoms with Gasteiger partial charge in [0.1, 0.15) is 10.9 Å². The van der Waals surface area contributed by atoms with Crippen LogP contribution < -0.4 is 5.56 Å². The smallest absolute Gasteiger partial charge is 0.259 e. The lowest BCUT2D eigenvalue weighted by atomic mass is 10.1. The van der Waals surface area contributed by atoms with Gasteiger partial charge in [-0.2, -0.15) is 0 Å². The first kappa shape index (κ1) is 12.4. The van der Waals surface area contributed by atoms with Crippen molar-refractivity contribution in [2.24, 2.45) is 0 Å². The maximum absolute atomic E-state index is 12.1. The van der Waals surface area contributed by atoms with Crippen LogP contribution in [0.5, 0.6) is 0 Å². The highest BCUT2D eigenvalue weighted by atomic mass is 32.8. The second-order valence-corrected chi connectivity index (χ2v) is 6.75. The van der Waals surface area contributed by atoms with Gasteiger partial charge >= 0.3 is 0 Å². The molecule has 0 amide bonds. The first-order chi connectivity index (χ1) is 9.09. The first-order valence-electron chi connectivity index (χ1n) is 5.89. The lowest BCUT2D eigenvalue weighted by molar-refractivity contribution is 0.931. The summed E-state index contributed by atoms with van der Waals surface area (Å²) in [5.41, 5.74) is 2.60. The third-order valence-electron chi connectivity index (χ3n) is 3.12. The predicted octanol–water partition coefficient (Wildman–Crippen LogP) is 2.42. The Bertz CT molecular complexity index is 776. The zero-order valence-electron chi connectivity index (χ0n) is 10.6. The number of benzene rings is 1. The Morgan fingerprint density at radius 2 is 1.89 bits per heavy atom. The number of allylic oxidation sites excluding steroid dienone is 1. The summed E-state index contributed by atoms with van der Waals surface area (Å²) in [6, 6.07) is 9.98. The van der Waals surface area contributed by atoms with Gasteiger partial charge in [-0.3, -0.25) is 4.79 Å². The van der Waals surface area contributed by atoms with Crippen molar-refractivity contribution in [3.8, 4) is 0 Å². The fourth-order valence-corrected chi connectivity index (χ4v) is 4.89. The third kappa shape index (κ3) is 1.89. The van der Waals surface area contributed by atoms with E-state index < -0.39 is 9.45 Å². The normalized spacial score (nSPS) is 17.7. The molecule has 0 radical (unpaired) electrons. The summed E-state index contributed by atoms with van der Waals surface area (Å²) in [5.74, 6) is 0.619. The molecule has 1 aromatic heterocycles. The van der Waals surface area contributed by atoms with Crippen molar-refractivity contribution >= 4 is 31.1 Å². The highest BCUT2D eigenvalue weighted by molar-refractivity contribution is 8.34. The third-order valence-corrected chi connectivity index (χ3v) is 5.65. The monoisotopic (exact) mass is 288 g/mol. The minimum absolute atomic E-state index is 0.0896. The van der Waals surface area contributed by atoms with E-state index in [0.29, 0.717) is 11.4 Å². The van der Waals surface area contributed by atoms with Crippen molar-refractivity contribution in [3.63, 3.8) is 0 Å². The Hall–Kier alpha value is -1.59. The molecule has 96 valence electrons. The number of rotatable bonds is 1. The standard InChI is InChI=1S/C14H12N2OS2/c1-8-11-13(17)15-9(2)16-14(11)19(18)12(8)10-6-4-3-5-7-10/h3-7H,1-2H3,(H,15,16,17). The van der Waals surface area contributed by atoms with E-state index in [1.54, 1.807) is 6.92 Å². The molecule has 1 aliphatic heterocycles. The van der Waals surface area contributed by atoms with Crippen molar-refractivity contribution in [2.75, 3.05) is 0 Å². The molecule has 1 atom stereocenters. The lowest BCUT2D eigenvalue weighted by Crippen LogP contribution is -2.15. The number of aromatic nitrogens is 2. The molecule has 0 fully saturated rings.